The van der Waals surface area contributed by atoms with Crippen LogP contribution in [0.1, 0.15) is 11.1 Å². The minimum atomic E-state index is -3.93. The number of carbonyl (C=O) groups is 1. The van der Waals surface area contributed by atoms with Gasteiger partial charge < -0.3 is 10.1 Å². The number of hydrogen-bond donors (Lipinski definition) is 2. The van der Waals surface area contributed by atoms with E-state index in [9.17, 15) is 13.2 Å². The molecule has 0 saturated carbocycles. The maximum Gasteiger partial charge on any atom is 0.243 e. The lowest BCUT2D eigenvalue weighted by molar-refractivity contribution is -0.117. The van der Waals surface area contributed by atoms with Crippen LogP contribution in [0.2, 0.25) is 0 Å². The van der Waals surface area contributed by atoms with E-state index in [1.54, 1.807) is 36.4 Å². The Hall–Kier alpha value is -3.94. The normalized spacial score (nSPS) is 12.0. The summed E-state index contributed by atoms with van der Waals surface area (Å²) >= 11 is 0. The Bertz CT molecular complexity index is 1370. The highest BCUT2D eigenvalue weighted by Gasteiger charge is 2.27. The van der Waals surface area contributed by atoms with Gasteiger partial charge in [0.2, 0.25) is 15.9 Å². The summed E-state index contributed by atoms with van der Waals surface area (Å²) in [5.74, 6) is 0.579. The molecule has 6 nitrogen and oxygen atoms in total. The van der Waals surface area contributed by atoms with Crippen molar-refractivity contribution in [1.29, 1.82) is 0 Å². The maximum absolute atomic E-state index is 13.4. The highest BCUT2D eigenvalue weighted by atomic mass is 32.2. The standard InChI is InChI=1S/C28H26N2O4S/c1-21-16-18-24(19-17-21)35(32,33)30-26(20-22-10-4-2-5-11-22)28(31)29-25-14-8-9-15-27(25)34-23-12-6-3-7-13-23/h2-19,26,30H,20H2,1H3,(H,29,31)/t26-/m1/s1. The molecule has 0 radical (unpaired) electrons. The molecule has 0 aliphatic rings. The van der Waals surface area contributed by atoms with Crippen molar-refractivity contribution in [2.75, 3.05) is 5.32 Å². The van der Waals surface area contributed by atoms with Gasteiger partial charge in [0, 0.05) is 0 Å². The van der Waals surface area contributed by atoms with Crippen molar-refractivity contribution in [2.45, 2.75) is 24.3 Å². The van der Waals surface area contributed by atoms with E-state index in [0.717, 1.165) is 11.1 Å². The molecule has 0 saturated heterocycles. The van der Waals surface area contributed by atoms with Crippen LogP contribution < -0.4 is 14.8 Å². The number of sulfonamides is 1. The van der Waals surface area contributed by atoms with Crippen LogP contribution in [0, 0.1) is 6.92 Å². The summed E-state index contributed by atoms with van der Waals surface area (Å²) in [4.78, 5) is 13.5. The Morgan fingerprint density at radius 3 is 2.09 bits per heavy atom. The number of para-hydroxylation sites is 3. The van der Waals surface area contributed by atoms with Gasteiger partial charge in [0.15, 0.2) is 5.75 Å². The Kier molecular flexibility index (Phi) is 7.60. The van der Waals surface area contributed by atoms with Crippen LogP contribution in [-0.4, -0.2) is 20.4 Å². The van der Waals surface area contributed by atoms with E-state index in [1.165, 1.54) is 12.1 Å². The first-order valence-corrected chi connectivity index (χ1v) is 12.6. The van der Waals surface area contributed by atoms with E-state index in [2.05, 4.69) is 10.0 Å². The molecule has 0 fully saturated rings. The molecular formula is C28H26N2O4S. The number of nitrogens with one attached hydrogen (secondary N) is 2. The van der Waals surface area contributed by atoms with E-state index in [4.69, 9.17) is 4.74 Å². The van der Waals surface area contributed by atoms with Gasteiger partial charge in [0.05, 0.1) is 10.6 Å². The molecule has 35 heavy (non-hydrogen) atoms. The molecule has 4 rings (SSSR count). The smallest absolute Gasteiger partial charge is 0.243 e. The maximum atomic E-state index is 13.4. The Labute approximate surface area is 205 Å². The summed E-state index contributed by atoms with van der Waals surface area (Å²) < 4.78 is 34.7. The second-order valence-electron chi connectivity index (χ2n) is 8.08. The average Bonchev–Trinajstić information content (AvgIpc) is 2.86. The number of ether oxygens (including phenoxy) is 1. The molecule has 0 spiro atoms. The van der Waals surface area contributed by atoms with Crippen LogP contribution in [0.4, 0.5) is 5.69 Å². The molecular weight excluding hydrogens is 460 g/mol. The molecule has 0 aromatic heterocycles. The summed E-state index contributed by atoms with van der Waals surface area (Å²) in [6, 6.07) is 31.0. The van der Waals surface area contributed by atoms with Crippen molar-refractivity contribution in [2.24, 2.45) is 0 Å². The molecule has 1 amide bonds. The zero-order valence-corrected chi connectivity index (χ0v) is 20.0. The van der Waals surface area contributed by atoms with Gasteiger partial charge in [0.25, 0.3) is 0 Å². The quantitative estimate of drug-likeness (QED) is 0.336. The van der Waals surface area contributed by atoms with E-state index < -0.39 is 22.0 Å². The number of anilines is 1. The van der Waals surface area contributed by atoms with Crippen molar-refractivity contribution in [1.82, 2.24) is 4.72 Å². The second-order valence-corrected chi connectivity index (χ2v) is 9.79. The van der Waals surface area contributed by atoms with Gasteiger partial charge in [-0.15, -0.1) is 0 Å². The lowest BCUT2D eigenvalue weighted by Gasteiger charge is -2.20. The van der Waals surface area contributed by atoms with Crippen LogP contribution in [-0.2, 0) is 21.2 Å². The molecule has 0 aliphatic carbocycles. The second kappa shape index (κ2) is 11.0. The van der Waals surface area contributed by atoms with E-state index in [1.807, 2.05) is 67.6 Å². The van der Waals surface area contributed by atoms with Gasteiger partial charge >= 0.3 is 0 Å². The number of amides is 1. The Balaban J connectivity index is 1.59. The fraction of sp³-hybridized carbons (Fsp3) is 0.107. The van der Waals surface area contributed by atoms with Crippen LogP contribution in [0.3, 0.4) is 0 Å². The first-order valence-electron chi connectivity index (χ1n) is 11.2. The predicted molar refractivity (Wildman–Crippen MR) is 137 cm³/mol. The van der Waals surface area contributed by atoms with Crippen molar-refractivity contribution in [3.63, 3.8) is 0 Å². The molecule has 4 aromatic carbocycles. The molecule has 178 valence electrons. The Morgan fingerprint density at radius 2 is 1.40 bits per heavy atom. The van der Waals surface area contributed by atoms with E-state index in [-0.39, 0.29) is 11.3 Å². The van der Waals surface area contributed by atoms with E-state index >= 15 is 0 Å². The number of rotatable bonds is 9. The monoisotopic (exact) mass is 486 g/mol. The van der Waals surface area contributed by atoms with Crippen LogP contribution >= 0.6 is 0 Å². The summed E-state index contributed by atoms with van der Waals surface area (Å²) in [6.07, 6.45) is 0.180. The van der Waals surface area contributed by atoms with Crippen molar-refractivity contribution >= 4 is 21.6 Å². The number of aryl methyl sites for hydroxylation is 1. The van der Waals surface area contributed by atoms with Gasteiger partial charge in [-0.2, -0.15) is 4.72 Å². The number of carbonyl (C=O) groups excluding carboxylic acids is 1. The third-order valence-electron chi connectivity index (χ3n) is 5.34. The minimum absolute atomic E-state index is 0.0989. The predicted octanol–water partition coefficient (Wildman–Crippen LogP) is 5.32. The lowest BCUT2D eigenvalue weighted by atomic mass is 10.1. The Morgan fingerprint density at radius 1 is 0.800 bits per heavy atom. The molecule has 0 unspecified atom stereocenters. The topological polar surface area (TPSA) is 84.5 Å². The molecule has 2 N–H and O–H groups in total. The molecule has 7 heteroatoms. The SMILES string of the molecule is Cc1ccc(S(=O)(=O)N[C@H](Cc2ccccc2)C(=O)Nc2ccccc2Oc2ccccc2)cc1. The zero-order valence-electron chi connectivity index (χ0n) is 19.2. The lowest BCUT2D eigenvalue weighted by Crippen LogP contribution is -2.45. The fourth-order valence-corrected chi connectivity index (χ4v) is 4.70. The summed E-state index contributed by atoms with van der Waals surface area (Å²) in [5, 5.41) is 2.84. The molecule has 4 aromatic rings. The third-order valence-corrected chi connectivity index (χ3v) is 6.83. The average molecular weight is 487 g/mol. The summed E-state index contributed by atoms with van der Waals surface area (Å²) in [7, 11) is -3.93. The van der Waals surface area contributed by atoms with Gasteiger partial charge in [0.1, 0.15) is 11.8 Å². The summed E-state index contributed by atoms with van der Waals surface area (Å²) in [6.45, 7) is 1.88. The van der Waals surface area contributed by atoms with Gasteiger partial charge in [-0.05, 0) is 55.3 Å². The minimum Gasteiger partial charge on any atom is -0.455 e. The van der Waals surface area contributed by atoms with Gasteiger partial charge in [-0.3, -0.25) is 4.79 Å². The van der Waals surface area contributed by atoms with Gasteiger partial charge in [-0.25, -0.2) is 8.42 Å². The molecule has 0 heterocycles. The fourth-order valence-electron chi connectivity index (χ4n) is 3.50. The van der Waals surface area contributed by atoms with Crippen molar-refractivity contribution in [3.8, 4) is 11.5 Å². The van der Waals surface area contributed by atoms with Crippen molar-refractivity contribution in [3.05, 3.63) is 120 Å². The summed E-state index contributed by atoms with van der Waals surface area (Å²) in [5.41, 5.74) is 2.21. The first-order chi connectivity index (χ1) is 16.9. The number of benzene rings is 4. The molecule has 0 bridgehead atoms. The third kappa shape index (κ3) is 6.56. The molecule has 1 atom stereocenters. The van der Waals surface area contributed by atoms with Crippen LogP contribution in [0.15, 0.2) is 114 Å². The first kappa shape index (κ1) is 24.2. The van der Waals surface area contributed by atoms with Crippen LogP contribution in [0.25, 0.3) is 0 Å². The van der Waals surface area contributed by atoms with Crippen LogP contribution in [0.5, 0.6) is 11.5 Å². The highest BCUT2D eigenvalue weighted by Crippen LogP contribution is 2.29. The largest absolute Gasteiger partial charge is 0.455 e. The van der Waals surface area contributed by atoms with Crippen molar-refractivity contribution < 1.29 is 17.9 Å². The highest BCUT2D eigenvalue weighted by molar-refractivity contribution is 7.89. The molecule has 0 aliphatic heterocycles. The number of hydrogen-bond acceptors (Lipinski definition) is 4. The zero-order chi connectivity index (χ0) is 24.7. The van der Waals surface area contributed by atoms with Gasteiger partial charge in [-0.1, -0.05) is 78.4 Å². The van der Waals surface area contributed by atoms with E-state index in [0.29, 0.717) is 17.2 Å².